The van der Waals surface area contributed by atoms with Gasteiger partial charge in [-0.1, -0.05) is 28.0 Å². The molecule has 0 atom stereocenters. The summed E-state index contributed by atoms with van der Waals surface area (Å²) in [6.07, 6.45) is -67.7. The van der Waals surface area contributed by atoms with Crippen molar-refractivity contribution >= 4 is 47.0 Å². The van der Waals surface area contributed by atoms with E-state index < -0.39 is 133 Å². The molecule has 0 spiro atoms. The Morgan fingerprint density at radius 3 is 0.770 bits per heavy atom. The van der Waals surface area contributed by atoms with Crippen molar-refractivity contribution in [1.29, 1.82) is 10.5 Å². The van der Waals surface area contributed by atoms with E-state index in [0.717, 1.165) is 0 Å². The first-order valence-corrected chi connectivity index (χ1v) is 17.5. The van der Waals surface area contributed by atoms with Gasteiger partial charge >= 0.3 is 101 Å². The predicted octanol–water partition coefficient (Wildman–Crippen LogP) is 10.5. The fourth-order valence-electron chi connectivity index (χ4n) is 4.14. The molecule has 0 aromatic heterocycles. The maximum Gasteiger partial charge on any atom is 1.00 e. The molecule has 0 saturated heterocycles. The van der Waals surface area contributed by atoms with Crippen LogP contribution < -0.4 is 51.4 Å². The third-order valence-corrected chi connectivity index (χ3v) is 8.28. The molecule has 360 valence electrons. The standard InChI is InChI=1S/C12H9F14NS.C11H9F14I.C2H6O.CHNS.K/c13-7(9(15,16)17,10(18,19)20)3-6(1-2-28-5-27)4-8(14,11(21,22)23)12(24,25)26;12-6(8(14,15)16,9(17,18)19)3-5(1-2-26)4-7(13,10(20,21)22)11(23,24)25;1-2-3;2-1-3;/h6H,1-4H2;5H,1-4H2;3H,2H2,1H3;3H;/q;;;;+1/p-1. The number of nitrogens with zero attached hydrogens (tertiary/aromatic N) is 2. The fraction of sp³-hybridized carbons (Fsp3) is 0.923. The van der Waals surface area contributed by atoms with Crippen LogP contribution in [0.25, 0.3) is 0 Å². The van der Waals surface area contributed by atoms with Crippen LogP contribution in [0, 0.1) is 33.2 Å². The molecule has 0 aromatic carbocycles. The minimum absolute atomic E-state index is 0. The van der Waals surface area contributed by atoms with Gasteiger partial charge < -0.3 is 17.7 Å². The quantitative estimate of drug-likeness (QED) is 0.0379. The summed E-state index contributed by atoms with van der Waals surface area (Å²) in [7, 11) is 0. The van der Waals surface area contributed by atoms with Crippen LogP contribution in [0.5, 0.6) is 0 Å². The topological polar surface area (TPSA) is 67.8 Å². The van der Waals surface area contributed by atoms with E-state index in [9.17, 15) is 123 Å². The Hall–Kier alpha value is -0.0836. The maximum absolute atomic E-state index is 13.7. The van der Waals surface area contributed by atoms with Crippen LogP contribution in [0.3, 0.4) is 0 Å². The van der Waals surface area contributed by atoms with E-state index in [4.69, 9.17) is 15.6 Å². The van der Waals surface area contributed by atoms with Gasteiger partial charge in [0, 0.05) is 38.0 Å². The molecule has 0 rings (SSSR count). The van der Waals surface area contributed by atoms with E-state index in [1.807, 2.05) is 0 Å². The summed E-state index contributed by atoms with van der Waals surface area (Å²) in [5, 5.41) is 25.5. The summed E-state index contributed by atoms with van der Waals surface area (Å²) in [6, 6.07) is 0. The van der Waals surface area contributed by atoms with Gasteiger partial charge in [-0.05, 0) is 47.8 Å². The van der Waals surface area contributed by atoms with Crippen LogP contribution in [0.4, 0.5) is 123 Å². The first-order valence-electron chi connectivity index (χ1n) is 14.6. The van der Waals surface area contributed by atoms with Gasteiger partial charge in [-0.2, -0.15) is 111 Å². The van der Waals surface area contributed by atoms with Gasteiger partial charge in [-0.25, -0.2) is 22.8 Å². The Morgan fingerprint density at radius 1 is 0.475 bits per heavy atom. The molecule has 0 saturated carbocycles. The van der Waals surface area contributed by atoms with E-state index in [2.05, 4.69) is 12.6 Å². The average molecular weight is 1140 g/mol. The Bertz CT molecular complexity index is 1190. The maximum atomic E-state index is 13.7. The molecule has 0 aliphatic carbocycles. The number of halogens is 29. The first-order chi connectivity index (χ1) is 26.1. The number of rotatable bonds is 13. The second kappa shape index (κ2) is 25.7. The number of thioether (sulfide) groups is 1. The molecule has 3 nitrogen and oxygen atoms in total. The van der Waals surface area contributed by atoms with Crippen LogP contribution in [0.15, 0.2) is 0 Å². The van der Waals surface area contributed by atoms with Crippen molar-refractivity contribution in [3.8, 4) is 10.8 Å². The third kappa shape index (κ3) is 20.1. The summed E-state index contributed by atoms with van der Waals surface area (Å²) in [4.78, 5) is 0. The molecule has 0 unspecified atom stereocenters. The molecule has 0 amide bonds. The zero-order valence-corrected chi connectivity index (χ0v) is 36.6. The second-order valence-electron chi connectivity index (χ2n) is 11.3. The Labute approximate surface area is 391 Å². The molecule has 61 heavy (non-hydrogen) atoms. The molecule has 0 heterocycles. The summed E-state index contributed by atoms with van der Waals surface area (Å²) < 4.78 is 354. The first kappa shape index (κ1) is 69.9. The molecule has 0 fully saturated rings. The van der Waals surface area contributed by atoms with Crippen LogP contribution in [-0.2, 0) is 12.6 Å². The number of nitriles is 2. The van der Waals surface area contributed by atoms with Crippen LogP contribution in [0.2, 0.25) is 0 Å². The summed E-state index contributed by atoms with van der Waals surface area (Å²) in [5.41, 5.74) is -24.5. The van der Waals surface area contributed by atoms with E-state index in [-0.39, 0.29) is 69.8 Å². The van der Waals surface area contributed by atoms with Crippen LogP contribution in [0.1, 0.15) is 45.4 Å². The average Bonchev–Trinajstić information content (AvgIpc) is 2.97. The van der Waals surface area contributed by atoms with E-state index in [1.54, 1.807) is 6.92 Å². The van der Waals surface area contributed by atoms with E-state index in [1.165, 1.54) is 33.4 Å². The van der Waals surface area contributed by atoms with E-state index >= 15 is 0 Å². The number of hydrogen-bond acceptors (Lipinski definition) is 5. The predicted molar refractivity (Wildman–Crippen MR) is 161 cm³/mol. The van der Waals surface area contributed by atoms with Crippen molar-refractivity contribution in [2.24, 2.45) is 11.8 Å². The third-order valence-electron chi connectivity index (χ3n) is 7.08. The zero-order chi connectivity index (χ0) is 49.6. The van der Waals surface area contributed by atoms with E-state index in [0.29, 0.717) is 0 Å². The van der Waals surface area contributed by atoms with Crippen LogP contribution >= 0.6 is 34.4 Å². The van der Waals surface area contributed by atoms with Gasteiger partial charge in [-0.3, -0.25) is 0 Å². The second-order valence-corrected chi connectivity index (χ2v) is 13.5. The molecule has 35 heteroatoms. The number of hydrogen-bond donors (Lipinski definition) is 1. The number of alkyl halides is 29. The minimum Gasteiger partial charge on any atom is -0.696 e. The SMILES string of the molecule is CCO.FC(F)(F)C(F)(CC(CCI)CC(F)(C(F)(F)F)C(F)(F)F)C(F)(F)F.N#CSCCC(CC(F)(C(F)(F)F)C(F)(F)F)CC(F)(C(F)(F)F)C(F)(F)F.N#C[S-].[K+]. The van der Waals surface area contributed by atoms with Gasteiger partial charge in [-0.15, -0.1) is 0 Å². The summed E-state index contributed by atoms with van der Waals surface area (Å²) >= 11 is 4.97. The van der Waals surface area contributed by atoms with Crippen LogP contribution in [-0.4, -0.2) is 94.0 Å². The molecule has 0 aliphatic rings. The number of aliphatic hydroxyl groups is 1. The van der Waals surface area contributed by atoms with Gasteiger partial charge in [0.05, 0.1) is 0 Å². The van der Waals surface area contributed by atoms with Gasteiger partial charge in [0.15, 0.2) is 0 Å². The smallest absolute Gasteiger partial charge is 0.696 e. The molecule has 0 aromatic rings. The Morgan fingerprint density at radius 2 is 0.639 bits per heavy atom. The normalized spacial score (nSPS) is 14.0. The van der Waals surface area contributed by atoms with Crippen molar-refractivity contribution < 1.29 is 179 Å². The fourth-order valence-corrected chi connectivity index (χ4v) is 5.56. The molecule has 0 aliphatic heterocycles. The molecular formula is C26H24F28IKN2OS2. The number of thiocyanates is 2. The molecule has 0 bridgehead atoms. The van der Waals surface area contributed by atoms with Gasteiger partial charge in [0.1, 0.15) is 5.40 Å². The Balaban J connectivity index is -0.000000299. The van der Waals surface area contributed by atoms with Crippen molar-refractivity contribution in [2.45, 2.75) is 118 Å². The minimum atomic E-state index is -6.75. The van der Waals surface area contributed by atoms with Gasteiger partial charge in [0.25, 0.3) is 22.7 Å². The summed E-state index contributed by atoms with van der Waals surface area (Å²) in [5.74, 6) is -6.73. The molecule has 0 radical (unpaired) electrons. The van der Waals surface area contributed by atoms with Gasteiger partial charge in [0.2, 0.25) is 0 Å². The largest absolute Gasteiger partial charge is 1.00 e. The van der Waals surface area contributed by atoms with Crippen molar-refractivity contribution in [1.82, 2.24) is 0 Å². The van der Waals surface area contributed by atoms with Crippen molar-refractivity contribution in [2.75, 3.05) is 16.8 Å². The van der Waals surface area contributed by atoms with Crippen molar-refractivity contribution in [3.05, 3.63) is 0 Å². The monoisotopic (exact) mass is 1140 g/mol. The Kier molecular flexibility index (Phi) is 29.5. The van der Waals surface area contributed by atoms with Crippen molar-refractivity contribution in [3.63, 3.8) is 0 Å². The number of aliphatic hydroxyl groups excluding tert-OH is 1. The molecular weight excluding hydrogens is 1120 g/mol. The summed E-state index contributed by atoms with van der Waals surface area (Å²) in [6.45, 7) is 1.93. The zero-order valence-electron chi connectivity index (χ0n) is 29.6. The molecule has 1 N–H and O–H groups in total.